The fourth-order valence-corrected chi connectivity index (χ4v) is 11.4. The van der Waals surface area contributed by atoms with Crippen molar-refractivity contribution in [2.24, 2.45) is 0 Å². The fourth-order valence-electron chi connectivity index (χ4n) is 11.4. The van der Waals surface area contributed by atoms with Gasteiger partial charge < -0.3 is 40.3 Å². The number of carbonyl (C=O) groups is 1. The molecule has 0 aromatic rings. The Balaban J connectivity index is 2.14. The minimum atomic E-state index is -1.57. The van der Waals surface area contributed by atoms with Crippen LogP contribution in [0.3, 0.4) is 0 Å². The number of aliphatic hydroxyl groups excluding tert-OH is 5. The van der Waals surface area contributed by atoms with E-state index in [1.807, 2.05) is 6.08 Å². The molecular weight excluding hydrogens is 971 g/mol. The van der Waals surface area contributed by atoms with Gasteiger partial charge in [-0.05, 0) is 32.1 Å². The molecule has 0 spiro atoms. The number of nitrogens with one attached hydrogen (secondary N) is 1. The molecular formula is C69H133NO8. The number of aliphatic hydroxyl groups is 5. The van der Waals surface area contributed by atoms with Crippen molar-refractivity contribution in [1.29, 1.82) is 0 Å². The Bertz CT molecular complexity index is 1280. The second-order valence-corrected chi connectivity index (χ2v) is 24.3. The summed E-state index contributed by atoms with van der Waals surface area (Å²) in [5.41, 5.74) is 0. The van der Waals surface area contributed by atoms with Gasteiger partial charge in [0.15, 0.2) is 6.29 Å². The molecule has 7 unspecified atom stereocenters. The van der Waals surface area contributed by atoms with Crippen molar-refractivity contribution in [3.05, 3.63) is 24.3 Å². The zero-order valence-electron chi connectivity index (χ0n) is 51.7. The first-order valence-corrected chi connectivity index (χ1v) is 34.6. The summed E-state index contributed by atoms with van der Waals surface area (Å²) in [5, 5.41) is 54.7. The van der Waals surface area contributed by atoms with Crippen LogP contribution in [0.1, 0.15) is 354 Å². The first-order chi connectivity index (χ1) is 38.3. The topological polar surface area (TPSA) is 149 Å². The van der Waals surface area contributed by atoms with E-state index in [9.17, 15) is 30.3 Å². The van der Waals surface area contributed by atoms with Gasteiger partial charge in [0.1, 0.15) is 24.4 Å². The third kappa shape index (κ3) is 47.2. The lowest BCUT2D eigenvalue weighted by Crippen LogP contribution is -2.60. The summed E-state index contributed by atoms with van der Waals surface area (Å²) >= 11 is 0. The molecule has 6 N–H and O–H groups in total. The summed E-state index contributed by atoms with van der Waals surface area (Å²) in [4.78, 5) is 13.1. The molecule has 1 saturated heterocycles. The Hall–Kier alpha value is -1.33. The van der Waals surface area contributed by atoms with Crippen LogP contribution >= 0.6 is 0 Å². The molecule has 78 heavy (non-hydrogen) atoms. The lowest BCUT2D eigenvalue weighted by molar-refractivity contribution is -0.302. The summed E-state index contributed by atoms with van der Waals surface area (Å²) < 4.78 is 11.3. The predicted molar refractivity (Wildman–Crippen MR) is 332 cm³/mol. The monoisotopic (exact) mass is 1100 g/mol. The van der Waals surface area contributed by atoms with Gasteiger partial charge in [-0.25, -0.2) is 0 Å². The smallest absolute Gasteiger partial charge is 0.220 e. The van der Waals surface area contributed by atoms with Crippen LogP contribution in [0.15, 0.2) is 24.3 Å². The molecule has 1 rings (SSSR count). The largest absolute Gasteiger partial charge is 0.394 e. The third-order valence-electron chi connectivity index (χ3n) is 16.8. The minimum absolute atomic E-state index is 0.178. The zero-order valence-corrected chi connectivity index (χ0v) is 51.7. The molecule has 7 atom stereocenters. The van der Waals surface area contributed by atoms with E-state index >= 15 is 0 Å². The highest BCUT2D eigenvalue weighted by molar-refractivity contribution is 5.76. The van der Waals surface area contributed by atoms with Gasteiger partial charge in [0.2, 0.25) is 5.91 Å². The zero-order chi connectivity index (χ0) is 56.5. The fraction of sp³-hybridized carbons (Fsp3) is 0.928. The highest BCUT2D eigenvalue weighted by Crippen LogP contribution is 2.23. The lowest BCUT2D eigenvalue weighted by atomic mass is 9.99. The molecule has 0 aromatic heterocycles. The second-order valence-electron chi connectivity index (χ2n) is 24.3. The number of ether oxygens (including phenoxy) is 2. The van der Waals surface area contributed by atoms with E-state index in [4.69, 9.17) is 9.47 Å². The van der Waals surface area contributed by atoms with Crippen LogP contribution in [0.5, 0.6) is 0 Å². The Morgan fingerprint density at radius 1 is 0.423 bits per heavy atom. The van der Waals surface area contributed by atoms with Crippen LogP contribution in [-0.2, 0) is 14.3 Å². The van der Waals surface area contributed by atoms with Crippen LogP contribution in [0.4, 0.5) is 0 Å². The number of hydrogen-bond acceptors (Lipinski definition) is 8. The van der Waals surface area contributed by atoms with E-state index in [1.165, 1.54) is 295 Å². The molecule has 1 aliphatic rings. The first-order valence-electron chi connectivity index (χ1n) is 34.6. The number of hydrogen-bond donors (Lipinski definition) is 6. The summed E-state index contributed by atoms with van der Waals surface area (Å²) in [6.07, 6.45) is 70.1. The molecule has 9 nitrogen and oxygen atoms in total. The van der Waals surface area contributed by atoms with Gasteiger partial charge in [0, 0.05) is 6.42 Å². The Morgan fingerprint density at radius 3 is 1.08 bits per heavy atom. The SMILES string of the molecule is CCCCCCCCCCCCCCCCCCCCCCCCCCC/C=C/CC/C=C/C(O)C(COC1OC(CO)C(O)C(O)C1O)NC(=O)CCCCCCCCCCCCCCCCCCCCCCCCCC. The molecule has 1 fully saturated rings. The highest BCUT2D eigenvalue weighted by Gasteiger charge is 2.44. The van der Waals surface area contributed by atoms with Crippen LogP contribution in [0.25, 0.3) is 0 Å². The number of carbonyl (C=O) groups excluding carboxylic acids is 1. The Labute approximate surface area is 483 Å². The molecule has 0 aliphatic carbocycles. The van der Waals surface area contributed by atoms with Crippen molar-refractivity contribution in [3.8, 4) is 0 Å². The van der Waals surface area contributed by atoms with Gasteiger partial charge in [0.25, 0.3) is 0 Å². The highest BCUT2D eigenvalue weighted by atomic mass is 16.7. The molecule has 0 bridgehead atoms. The Kier molecular flexibility index (Phi) is 56.3. The maximum absolute atomic E-state index is 13.1. The average Bonchev–Trinajstić information content (AvgIpc) is 3.45. The average molecular weight is 1100 g/mol. The maximum atomic E-state index is 13.1. The number of unbranched alkanes of at least 4 members (excludes halogenated alkanes) is 49. The number of rotatable bonds is 61. The van der Waals surface area contributed by atoms with Crippen molar-refractivity contribution in [1.82, 2.24) is 5.32 Å². The first kappa shape index (κ1) is 74.7. The summed E-state index contributed by atoms with van der Waals surface area (Å²) in [7, 11) is 0. The minimum Gasteiger partial charge on any atom is -0.394 e. The summed E-state index contributed by atoms with van der Waals surface area (Å²) in [6, 6.07) is -0.820. The molecule has 1 amide bonds. The van der Waals surface area contributed by atoms with E-state index in [1.54, 1.807) is 6.08 Å². The third-order valence-corrected chi connectivity index (χ3v) is 16.8. The molecule has 0 radical (unpaired) electrons. The molecule has 1 aliphatic heterocycles. The van der Waals surface area contributed by atoms with Gasteiger partial charge in [0.05, 0.1) is 25.4 Å². The van der Waals surface area contributed by atoms with Crippen molar-refractivity contribution in [2.75, 3.05) is 13.2 Å². The molecule has 462 valence electrons. The van der Waals surface area contributed by atoms with Crippen LogP contribution in [0, 0.1) is 0 Å². The van der Waals surface area contributed by atoms with Crippen molar-refractivity contribution < 1.29 is 39.8 Å². The van der Waals surface area contributed by atoms with Crippen LogP contribution < -0.4 is 5.32 Å². The van der Waals surface area contributed by atoms with Gasteiger partial charge >= 0.3 is 0 Å². The van der Waals surface area contributed by atoms with Gasteiger partial charge in [-0.15, -0.1) is 0 Å². The van der Waals surface area contributed by atoms with Crippen molar-refractivity contribution in [2.45, 2.75) is 397 Å². The van der Waals surface area contributed by atoms with Gasteiger partial charge in [-0.2, -0.15) is 0 Å². The molecule has 1 heterocycles. The summed E-state index contributed by atoms with van der Waals surface area (Å²) in [5.74, 6) is -0.178. The van der Waals surface area contributed by atoms with E-state index < -0.39 is 49.5 Å². The van der Waals surface area contributed by atoms with Gasteiger partial charge in [-0.3, -0.25) is 4.79 Å². The second kappa shape index (κ2) is 58.9. The maximum Gasteiger partial charge on any atom is 0.220 e. The predicted octanol–water partition coefficient (Wildman–Crippen LogP) is 18.5. The molecule has 0 saturated carbocycles. The van der Waals surface area contributed by atoms with E-state index in [-0.39, 0.29) is 12.5 Å². The van der Waals surface area contributed by atoms with Crippen molar-refractivity contribution >= 4 is 5.91 Å². The molecule has 0 aromatic carbocycles. The van der Waals surface area contributed by atoms with Gasteiger partial charge in [-0.1, -0.05) is 340 Å². The number of allylic oxidation sites excluding steroid dienone is 3. The van der Waals surface area contributed by atoms with Crippen LogP contribution in [0.2, 0.25) is 0 Å². The normalized spacial score (nSPS) is 18.7. The summed E-state index contributed by atoms with van der Waals surface area (Å²) in [6.45, 7) is 3.82. The van der Waals surface area contributed by atoms with Crippen LogP contribution in [-0.4, -0.2) is 87.5 Å². The number of amides is 1. The van der Waals surface area contributed by atoms with E-state index in [0.717, 1.165) is 38.5 Å². The standard InChI is InChI=1S/C69H133NO8/c1-3-5-7-9-11-13-15-17-19-21-23-25-27-29-30-31-32-33-34-35-36-38-40-42-44-46-48-50-52-54-56-58-63(72)62(61-77-69-68(76)67(75)66(74)64(60-71)78-69)70-65(73)59-57-55-53-51-49-47-45-43-41-39-37-28-26-24-22-20-18-16-14-12-10-8-6-4-2/h48,50,56,58,62-64,66-69,71-72,74-76H,3-47,49,51-55,57,59-61H2,1-2H3,(H,70,73)/b50-48+,58-56+. The lowest BCUT2D eigenvalue weighted by Gasteiger charge is -2.40. The van der Waals surface area contributed by atoms with Crippen molar-refractivity contribution in [3.63, 3.8) is 0 Å². The quantitative estimate of drug-likeness (QED) is 0.0261. The van der Waals surface area contributed by atoms with E-state index in [0.29, 0.717) is 6.42 Å². The van der Waals surface area contributed by atoms with E-state index in [2.05, 4.69) is 31.3 Å². The molecule has 9 heteroatoms. The Morgan fingerprint density at radius 2 is 0.731 bits per heavy atom.